The number of halogens is 2. The van der Waals surface area contributed by atoms with E-state index in [4.69, 9.17) is 11.6 Å². The van der Waals surface area contributed by atoms with Crippen LogP contribution in [0.2, 0.25) is 0 Å². The topological polar surface area (TPSA) is 3.24 Å². The molecule has 3 heteroatoms. The van der Waals surface area contributed by atoms with E-state index < -0.39 is 6.17 Å². The summed E-state index contributed by atoms with van der Waals surface area (Å²) in [5.74, 6) is 0.246. The molecule has 16 heavy (non-hydrogen) atoms. The molecule has 94 valence electrons. The molecule has 1 unspecified atom stereocenters. The van der Waals surface area contributed by atoms with Crippen molar-refractivity contribution in [2.45, 2.75) is 50.6 Å². The van der Waals surface area contributed by atoms with Gasteiger partial charge in [-0.1, -0.05) is 6.92 Å². The van der Waals surface area contributed by atoms with Gasteiger partial charge in [0.25, 0.3) is 0 Å². The lowest BCUT2D eigenvalue weighted by Gasteiger charge is -2.46. The summed E-state index contributed by atoms with van der Waals surface area (Å²) in [5, 5.41) is 0.0705. The Labute approximate surface area is 103 Å². The summed E-state index contributed by atoms with van der Waals surface area (Å²) in [7, 11) is 2.15. The molecular weight excluding hydrogens is 225 g/mol. The molecule has 0 N–H and O–H groups in total. The zero-order valence-electron chi connectivity index (χ0n) is 10.4. The van der Waals surface area contributed by atoms with E-state index in [1.54, 1.807) is 0 Å². The SMILES string of the molecule is CN1CCC(C)([C@H]2CCC(Cl)C[C@H]2F)CC1. The normalized spacial score (nSPS) is 40.9. The molecule has 0 radical (unpaired) electrons. The van der Waals surface area contributed by atoms with Crippen LogP contribution in [0, 0.1) is 11.3 Å². The fraction of sp³-hybridized carbons (Fsp3) is 1.00. The Hall–Kier alpha value is 0.180. The Morgan fingerprint density at radius 1 is 1.25 bits per heavy atom. The number of nitrogens with zero attached hydrogens (tertiary/aromatic N) is 1. The summed E-state index contributed by atoms with van der Waals surface area (Å²) in [6, 6.07) is 0. The number of alkyl halides is 2. The summed E-state index contributed by atoms with van der Waals surface area (Å²) >= 11 is 6.04. The van der Waals surface area contributed by atoms with Gasteiger partial charge in [-0.25, -0.2) is 4.39 Å². The van der Waals surface area contributed by atoms with Crippen LogP contribution in [0.4, 0.5) is 4.39 Å². The van der Waals surface area contributed by atoms with E-state index >= 15 is 0 Å². The molecule has 2 rings (SSSR count). The zero-order valence-corrected chi connectivity index (χ0v) is 11.1. The molecule has 0 aromatic rings. The van der Waals surface area contributed by atoms with Gasteiger partial charge in [0, 0.05) is 5.38 Å². The highest BCUT2D eigenvalue weighted by molar-refractivity contribution is 6.20. The van der Waals surface area contributed by atoms with Gasteiger partial charge in [0.1, 0.15) is 6.17 Å². The molecule has 0 aromatic heterocycles. The van der Waals surface area contributed by atoms with Gasteiger partial charge in [0.15, 0.2) is 0 Å². The maximum absolute atomic E-state index is 14.1. The molecule has 1 aliphatic heterocycles. The second-order valence-electron chi connectivity index (χ2n) is 5.99. The number of rotatable bonds is 1. The van der Waals surface area contributed by atoms with E-state index in [0.717, 1.165) is 38.8 Å². The smallest absolute Gasteiger partial charge is 0.105 e. The van der Waals surface area contributed by atoms with E-state index in [-0.39, 0.29) is 16.7 Å². The van der Waals surface area contributed by atoms with Gasteiger partial charge >= 0.3 is 0 Å². The molecule has 0 amide bonds. The standard InChI is InChI=1S/C13H23ClFN/c1-13(5-7-16(2)8-6-13)11-4-3-10(14)9-12(11)15/h10-12H,3-9H2,1-2H3/t10?,11-,12+/m0/s1. The summed E-state index contributed by atoms with van der Waals surface area (Å²) in [6.07, 6.45) is 4.15. The molecule has 2 aliphatic rings. The Morgan fingerprint density at radius 3 is 2.44 bits per heavy atom. The van der Waals surface area contributed by atoms with Crippen LogP contribution in [0.25, 0.3) is 0 Å². The molecule has 0 bridgehead atoms. The molecular formula is C13H23ClFN. The fourth-order valence-corrected chi connectivity index (χ4v) is 3.65. The predicted molar refractivity (Wildman–Crippen MR) is 66.7 cm³/mol. The fourth-order valence-electron chi connectivity index (χ4n) is 3.35. The first-order valence-corrected chi connectivity index (χ1v) is 6.91. The van der Waals surface area contributed by atoms with Crippen molar-refractivity contribution in [3.63, 3.8) is 0 Å². The molecule has 1 saturated heterocycles. The molecule has 3 atom stereocenters. The number of piperidine rings is 1. The predicted octanol–water partition coefficient (Wildman–Crippen LogP) is 3.46. The van der Waals surface area contributed by atoms with E-state index in [9.17, 15) is 4.39 Å². The van der Waals surface area contributed by atoms with Crippen molar-refractivity contribution in [2.24, 2.45) is 11.3 Å². The van der Waals surface area contributed by atoms with E-state index in [1.165, 1.54) is 0 Å². The van der Waals surface area contributed by atoms with Crippen LogP contribution in [0.3, 0.4) is 0 Å². The van der Waals surface area contributed by atoms with Crippen molar-refractivity contribution in [1.29, 1.82) is 0 Å². The van der Waals surface area contributed by atoms with Crippen molar-refractivity contribution in [3.8, 4) is 0 Å². The molecule has 0 spiro atoms. The van der Waals surface area contributed by atoms with Crippen LogP contribution in [0.1, 0.15) is 39.0 Å². The second kappa shape index (κ2) is 4.81. The number of likely N-dealkylation sites (tertiary alicyclic amines) is 1. The van der Waals surface area contributed by atoms with Crippen molar-refractivity contribution in [3.05, 3.63) is 0 Å². The molecule has 0 aromatic carbocycles. The van der Waals surface area contributed by atoms with E-state index in [2.05, 4.69) is 18.9 Å². The highest BCUT2D eigenvalue weighted by Gasteiger charge is 2.43. The largest absolute Gasteiger partial charge is 0.306 e. The minimum Gasteiger partial charge on any atom is -0.306 e. The Bertz CT molecular complexity index is 238. The van der Waals surface area contributed by atoms with Crippen LogP contribution in [0.5, 0.6) is 0 Å². The van der Waals surface area contributed by atoms with Crippen LogP contribution >= 0.6 is 11.6 Å². The number of hydrogen-bond acceptors (Lipinski definition) is 1. The summed E-state index contributed by atoms with van der Waals surface area (Å²) < 4.78 is 14.1. The summed E-state index contributed by atoms with van der Waals surface area (Å²) in [4.78, 5) is 2.35. The van der Waals surface area contributed by atoms with Gasteiger partial charge in [-0.3, -0.25) is 0 Å². The zero-order chi connectivity index (χ0) is 11.8. The van der Waals surface area contributed by atoms with Gasteiger partial charge in [-0.15, -0.1) is 11.6 Å². The minimum absolute atomic E-state index is 0.0705. The Balaban J connectivity index is 2.00. The van der Waals surface area contributed by atoms with Crippen LogP contribution in [-0.2, 0) is 0 Å². The molecule has 1 heterocycles. The molecule has 1 saturated carbocycles. The minimum atomic E-state index is -0.676. The third-order valence-corrected chi connectivity index (χ3v) is 5.13. The lowest BCUT2D eigenvalue weighted by atomic mass is 9.64. The summed E-state index contributed by atoms with van der Waals surface area (Å²) in [6.45, 7) is 4.51. The van der Waals surface area contributed by atoms with Crippen molar-refractivity contribution >= 4 is 11.6 Å². The van der Waals surface area contributed by atoms with Crippen molar-refractivity contribution < 1.29 is 4.39 Å². The lowest BCUT2D eigenvalue weighted by Crippen LogP contribution is -2.45. The Morgan fingerprint density at radius 2 is 1.88 bits per heavy atom. The first-order chi connectivity index (χ1) is 7.51. The first-order valence-electron chi connectivity index (χ1n) is 6.48. The van der Waals surface area contributed by atoms with Crippen LogP contribution in [-0.4, -0.2) is 36.6 Å². The average molecular weight is 248 g/mol. The third kappa shape index (κ3) is 2.53. The first kappa shape index (κ1) is 12.6. The van der Waals surface area contributed by atoms with Gasteiger partial charge in [-0.05, 0) is 63.6 Å². The maximum Gasteiger partial charge on any atom is 0.105 e. The average Bonchev–Trinajstić information content (AvgIpc) is 2.22. The van der Waals surface area contributed by atoms with E-state index in [0.29, 0.717) is 6.42 Å². The van der Waals surface area contributed by atoms with Gasteiger partial charge in [0.2, 0.25) is 0 Å². The van der Waals surface area contributed by atoms with E-state index in [1.807, 2.05) is 0 Å². The lowest BCUT2D eigenvalue weighted by molar-refractivity contribution is 0.00575. The Kier molecular flexibility index (Phi) is 3.80. The molecule has 1 nitrogen and oxygen atoms in total. The van der Waals surface area contributed by atoms with Crippen molar-refractivity contribution in [2.75, 3.05) is 20.1 Å². The molecule has 1 aliphatic carbocycles. The maximum atomic E-state index is 14.1. The monoisotopic (exact) mass is 247 g/mol. The molecule has 2 fully saturated rings. The van der Waals surface area contributed by atoms with Gasteiger partial charge in [-0.2, -0.15) is 0 Å². The summed E-state index contributed by atoms with van der Waals surface area (Å²) in [5.41, 5.74) is 0.211. The van der Waals surface area contributed by atoms with Crippen molar-refractivity contribution in [1.82, 2.24) is 4.90 Å². The highest BCUT2D eigenvalue weighted by Crippen LogP contribution is 2.47. The van der Waals surface area contributed by atoms with Crippen LogP contribution in [0.15, 0.2) is 0 Å². The van der Waals surface area contributed by atoms with Gasteiger partial charge in [0.05, 0.1) is 0 Å². The third-order valence-electron chi connectivity index (χ3n) is 4.73. The highest BCUT2D eigenvalue weighted by atomic mass is 35.5. The quantitative estimate of drug-likeness (QED) is 0.642. The number of hydrogen-bond donors (Lipinski definition) is 0. The second-order valence-corrected chi connectivity index (χ2v) is 6.61. The van der Waals surface area contributed by atoms with Crippen LogP contribution < -0.4 is 0 Å². The van der Waals surface area contributed by atoms with Gasteiger partial charge < -0.3 is 4.90 Å².